The number of aryl methyl sites for hydroxylation is 1. The minimum absolute atomic E-state index is 0.424. The summed E-state index contributed by atoms with van der Waals surface area (Å²) < 4.78 is 20.1. The maximum atomic E-state index is 11.0. The van der Waals surface area contributed by atoms with E-state index in [0.29, 0.717) is 4.90 Å². The number of hydrogen-bond donors (Lipinski definition) is 1. The normalized spacial score (nSPS) is 17.0. The number of benzene rings is 2. The Hall–Kier alpha value is -1.97. The van der Waals surface area contributed by atoms with E-state index < -0.39 is 11.1 Å². The van der Waals surface area contributed by atoms with Crippen molar-refractivity contribution in [1.29, 1.82) is 0 Å². The molecule has 3 rings (SSSR count). The molecule has 1 unspecified atom stereocenters. The number of hydrogen-bond acceptors (Lipinski definition) is 1. The molecule has 2 aromatic carbocycles. The smallest absolute Gasteiger partial charge is 0.186 e. The van der Waals surface area contributed by atoms with Gasteiger partial charge in [-0.25, -0.2) is 4.21 Å². The van der Waals surface area contributed by atoms with Crippen molar-refractivity contribution in [3.8, 4) is 0 Å². The molecule has 2 nitrogen and oxygen atoms in total. The van der Waals surface area contributed by atoms with Crippen molar-refractivity contribution in [1.82, 2.24) is 0 Å². The fraction of sp³-hybridized carbons (Fsp3) is 0.158. The van der Waals surface area contributed by atoms with Crippen LogP contribution in [-0.4, -0.2) is 8.76 Å². The van der Waals surface area contributed by atoms with Crippen LogP contribution in [0.3, 0.4) is 0 Å². The van der Waals surface area contributed by atoms with Crippen molar-refractivity contribution < 1.29 is 8.76 Å². The second-order valence-electron chi connectivity index (χ2n) is 5.68. The highest BCUT2D eigenvalue weighted by molar-refractivity contribution is 7.79. The van der Waals surface area contributed by atoms with Crippen LogP contribution in [0, 0.1) is 6.92 Å². The third kappa shape index (κ3) is 2.58. The molecule has 0 radical (unpaired) electrons. The number of fused-ring (bicyclic) bond motifs is 1. The summed E-state index contributed by atoms with van der Waals surface area (Å²) in [6, 6.07) is 13.7. The first-order valence-electron chi connectivity index (χ1n) is 7.19. The molecule has 0 amide bonds. The minimum atomic E-state index is -1.92. The highest BCUT2D eigenvalue weighted by Crippen LogP contribution is 2.42. The van der Waals surface area contributed by atoms with Crippen LogP contribution >= 0.6 is 0 Å². The zero-order valence-electron chi connectivity index (χ0n) is 12.9. The fourth-order valence-electron chi connectivity index (χ4n) is 2.84. The van der Waals surface area contributed by atoms with Gasteiger partial charge in [0, 0.05) is 0 Å². The van der Waals surface area contributed by atoms with E-state index >= 15 is 0 Å². The van der Waals surface area contributed by atoms with E-state index in [1.54, 1.807) is 12.1 Å². The van der Waals surface area contributed by atoms with Crippen LogP contribution in [0.1, 0.15) is 36.1 Å². The van der Waals surface area contributed by atoms with Gasteiger partial charge in [-0.3, -0.25) is 0 Å². The molecule has 0 saturated carbocycles. The predicted molar refractivity (Wildman–Crippen MR) is 92.8 cm³/mol. The monoisotopic (exact) mass is 310 g/mol. The molecule has 0 heterocycles. The van der Waals surface area contributed by atoms with E-state index in [1.807, 2.05) is 12.1 Å². The van der Waals surface area contributed by atoms with E-state index in [9.17, 15) is 4.21 Å². The standard InChI is InChI=1S/C19H18O2S/c1-12-4-9-17-18(10-12)13(2)14(3)19(17)11-15-5-7-16(8-6-15)22(20)21/h4-11H,1-3H3,(H,20,21)/b19-11-. The quantitative estimate of drug-likeness (QED) is 0.799. The van der Waals surface area contributed by atoms with Gasteiger partial charge in [0.1, 0.15) is 0 Å². The second kappa shape index (κ2) is 5.67. The molecule has 0 fully saturated rings. The molecule has 0 aromatic heterocycles. The van der Waals surface area contributed by atoms with Crippen molar-refractivity contribution >= 4 is 28.3 Å². The molecule has 1 atom stereocenters. The SMILES string of the molecule is CC1=C(C)c2cc(C)ccc2/C1=C\c1ccc(S(=O)O)cc1. The van der Waals surface area contributed by atoms with Crippen LogP contribution in [0.25, 0.3) is 17.2 Å². The van der Waals surface area contributed by atoms with Crippen LogP contribution < -0.4 is 0 Å². The van der Waals surface area contributed by atoms with Crippen LogP contribution in [-0.2, 0) is 11.1 Å². The second-order valence-corrected chi connectivity index (χ2v) is 6.64. The lowest BCUT2D eigenvalue weighted by molar-refractivity contribution is 0.564. The van der Waals surface area contributed by atoms with E-state index in [0.717, 1.165) is 5.56 Å². The highest BCUT2D eigenvalue weighted by atomic mass is 32.2. The van der Waals surface area contributed by atoms with Gasteiger partial charge in [-0.15, -0.1) is 0 Å². The molecule has 0 bridgehead atoms. The van der Waals surface area contributed by atoms with Gasteiger partial charge in [-0.05, 0) is 72.4 Å². The third-order valence-corrected chi connectivity index (χ3v) is 4.90. The zero-order valence-corrected chi connectivity index (χ0v) is 13.7. The molecule has 0 saturated heterocycles. The first-order chi connectivity index (χ1) is 10.5. The third-order valence-electron chi connectivity index (χ3n) is 4.23. The lowest BCUT2D eigenvalue weighted by atomic mass is 9.99. The van der Waals surface area contributed by atoms with Crippen LogP contribution in [0.4, 0.5) is 0 Å². The lowest BCUT2D eigenvalue weighted by Crippen LogP contribution is -1.88. The van der Waals surface area contributed by atoms with Crippen molar-refractivity contribution in [2.45, 2.75) is 25.7 Å². The van der Waals surface area contributed by atoms with Crippen molar-refractivity contribution in [2.24, 2.45) is 0 Å². The Morgan fingerprint density at radius 1 is 0.909 bits per heavy atom. The molecule has 1 aliphatic carbocycles. The van der Waals surface area contributed by atoms with Gasteiger partial charge >= 0.3 is 0 Å². The van der Waals surface area contributed by atoms with Gasteiger partial charge in [0.05, 0.1) is 4.90 Å². The van der Waals surface area contributed by atoms with Crippen LogP contribution in [0.5, 0.6) is 0 Å². The maximum Gasteiger partial charge on any atom is 0.186 e. The van der Waals surface area contributed by atoms with Gasteiger partial charge < -0.3 is 4.55 Å². The van der Waals surface area contributed by atoms with E-state index in [2.05, 4.69) is 45.0 Å². The van der Waals surface area contributed by atoms with Gasteiger partial charge in [0.15, 0.2) is 11.1 Å². The summed E-state index contributed by atoms with van der Waals surface area (Å²) in [5.41, 5.74) is 8.69. The van der Waals surface area contributed by atoms with Crippen molar-refractivity contribution in [2.75, 3.05) is 0 Å². The Balaban J connectivity index is 2.07. The van der Waals surface area contributed by atoms with Gasteiger partial charge in [0.2, 0.25) is 0 Å². The Bertz CT molecular complexity index is 827. The number of allylic oxidation sites excluding steroid dienone is 3. The molecule has 1 N–H and O–H groups in total. The molecular formula is C19H18O2S. The van der Waals surface area contributed by atoms with E-state index in [-0.39, 0.29) is 0 Å². The van der Waals surface area contributed by atoms with Crippen LogP contribution in [0.2, 0.25) is 0 Å². The lowest BCUT2D eigenvalue weighted by Gasteiger charge is -2.05. The summed E-state index contributed by atoms with van der Waals surface area (Å²) in [5, 5.41) is 0. The Morgan fingerprint density at radius 3 is 2.23 bits per heavy atom. The molecule has 2 aromatic rings. The largest absolute Gasteiger partial charge is 0.302 e. The topological polar surface area (TPSA) is 37.3 Å². The first-order valence-corrected chi connectivity index (χ1v) is 8.30. The van der Waals surface area contributed by atoms with Crippen molar-refractivity contribution in [3.63, 3.8) is 0 Å². The summed E-state index contributed by atoms with van der Waals surface area (Å²) in [4.78, 5) is 0.424. The average molecular weight is 310 g/mol. The van der Waals surface area contributed by atoms with Gasteiger partial charge in [-0.2, -0.15) is 0 Å². The highest BCUT2D eigenvalue weighted by Gasteiger charge is 2.20. The molecule has 0 aliphatic heterocycles. The summed E-state index contributed by atoms with van der Waals surface area (Å²) in [6.07, 6.45) is 2.14. The Labute approximate surface area is 133 Å². The molecular weight excluding hydrogens is 292 g/mol. The Kier molecular flexibility index (Phi) is 3.85. The summed E-state index contributed by atoms with van der Waals surface area (Å²) in [7, 11) is 0. The van der Waals surface area contributed by atoms with E-state index in [1.165, 1.54) is 33.4 Å². The van der Waals surface area contributed by atoms with Crippen LogP contribution in [0.15, 0.2) is 52.9 Å². The van der Waals surface area contributed by atoms with Gasteiger partial charge in [0.25, 0.3) is 0 Å². The predicted octanol–water partition coefficient (Wildman–Crippen LogP) is 4.92. The Morgan fingerprint density at radius 2 is 1.59 bits per heavy atom. The molecule has 1 aliphatic rings. The first kappa shape index (κ1) is 14.9. The molecule has 112 valence electrons. The fourth-order valence-corrected chi connectivity index (χ4v) is 3.21. The van der Waals surface area contributed by atoms with Gasteiger partial charge in [-0.1, -0.05) is 35.9 Å². The summed E-state index contributed by atoms with van der Waals surface area (Å²) in [5.74, 6) is 0. The average Bonchev–Trinajstić information content (AvgIpc) is 2.73. The minimum Gasteiger partial charge on any atom is -0.302 e. The molecule has 3 heteroatoms. The van der Waals surface area contributed by atoms with Crippen molar-refractivity contribution in [3.05, 3.63) is 70.3 Å². The molecule has 0 spiro atoms. The summed E-state index contributed by atoms with van der Waals surface area (Å²) >= 11 is -1.92. The maximum absolute atomic E-state index is 11.0. The molecule has 22 heavy (non-hydrogen) atoms. The number of rotatable bonds is 2. The van der Waals surface area contributed by atoms with E-state index in [4.69, 9.17) is 4.55 Å². The summed E-state index contributed by atoms with van der Waals surface area (Å²) in [6.45, 7) is 6.42. The zero-order chi connectivity index (χ0) is 15.9.